The van der Waals surface area contributed by atoms with E-state index in [-0.39, 0.29) is 28.2 Å². The molecule has 0 fully saturated rings. The Morgan fingerprint density at radius 2 is 1.94 bits per heavy atom. The van der Waals surface area contributed by atoms with Gasteiger partial charge in [-0.25, -0.2) is 17.9 Å². The number of carbonyl (C=O) groups excluding carboxylic acids is 1. The van der Waals surface area contributed by atoms with Crippen LogP contribution in [0, 0.1) is 5.82 Å². The van der Waals surface area contributed by atoms with Crippen molar-refractivity contribution in [2.75, 3.05) is 0 Å². The average Bonchev–Trinajstić information content (AvgIpc) is 3.35. The van der Waals surface area contributed by atoms with Crippen LogP contribution in [0.4, 0.5) is 13.2 Å². The first-order valence-electron chi connectivity index (χ1n) is 11.3. The number of nitrogens with zero attached hydrogens (tertiary/aromatic N) is 6. The first kappa shape index (κ1) is 19.1. The van der Waals surface area contributed by atoms with Gasteiger partial charge in [-0.1, -0.05) is 23.4 Å². The van der Waals surface area contributed by atoms with Crippen LogP contribution in [-0.2, 0) is 6.98 Å². The Hall–Kier alpha value is -4.35. The van der Waals surface area contributed by atoms with Crippen LogP contribution < -0.4 is 10.9 Å². The Labute approximate surface area is 195 Å². The predicted molar refractivity (Wildman–Crippen MR) is 115 cm³/mol. The summed E-state index contributed by atoms with van der Waals surface area (Å²) in [5.74, 6) is -1.92. The minimum Gasteiger partial charge on any atom is -0.344 e. The van der Waals surface area contributed by atoms with Crippen molar-refractivity contribution in [2.24, 2.45) is 6.98 Å². The van der Waals surface area contributed by atoms with Crippen molar-refractivity contribution < 1.29 is 22.1 Å². The summed E-state index contributed by atoms with van der Waals surface area (Å²) in [5.41, 5.74) is -1.29. The molecule has 0 aliphatic carbocycles. The van der Waals surface area contributed by atoms with Gasteiger partial charge in [0, 0.05) is 34.5 Å². The highest BCUT2D eigenvalue weighted by Crippen LogP contribution is 2.27. The zero-order chi connectivity index (χ0) is 26.9. The Bertz CT molecular complexity index is 1520. The lowest BCUT2D eigenvalue weighted by atomic mass is 10.0. The van der Waals surface area contributed by atoms with Crippen LogP contribution in [0.1, 0.15) is 45.1 Å². The van der Waals surface area contributed by atoms with Crippen LogP contribution in [0.5, 0.6) is 0 Å². The highest BCUT2D eigenvalue weighted by Gasteiger charge is 2.21. The molecule has 1 aromatic carbocycles. The fourth-order valence-electron chi connectivity index (χ4n) is 3.25. The molecule has 0 spiro atoms. The molecule has 1 atom stereocenters. The van der Waals surface area contributed by atoms with Gasteiger partial charge in [-0.05, 0) is 19.1 Å². The average molecular weight is 472 g/mol. The minimum absolute atomic E-state index is 0.109. The van der Waals surface area contributed by atoms with E-state index in [0.29, 0.717) is 0 Å². The number of pyridine rings is 1. The van der Waals surface area contributed by atoms with E-state index < -0.39 is 42.3 Å². The van der Waals surface area contributed by atoms with Crippen molar-refractivity contribution in [3.8, 4) is 16.9 Å². The number of benzene rings is 1. The zero-order valence-electron chi connectivity index (χ0n) is 20.5. The van der Waals surface area contributed by atoms with Crippen molar-refractivity contribution in [3.05, 3.63) is 88.0 Å². The van der Waals surface area contributed by atoms with Crippen molar-refractivity contribution in [2.45, 2.75) is 19.4 Å². The van der Waals surface area contributed by atoms with Crippen molar-refractivity contribution in [3.63, 3.8) is 0 Å². The first-order valence-corrected chi connectivity index (χ1v) is 9.82. The Kier molecular flexibility index (Phi) is 5.21. The van der Waals surface area contributed by atoms with E-state index in [0.717, 1.165) is 27.6 Å². The molecule has 34 heavy (non-hydrogen) atoms. The van der Waals surface area contributed by atoms with Gasteiger partial charge in [-0.2, -0.15) is 9.78 Å². The number of carbonyl (C=O) groups is 1. The van der Waals surface area contributed by atoms with E-state index >= 15 is 0 Å². The molecule has 3 heterocycles. The maximum absolute atomic E-state index is 14.5. The number of hydrogen-bond acceptors (Lipinski definition) is 6. The number of hydrogen-bond donors (Lipinski definition) is 1. The third-order valence-electron chi connectivity index (χ3n) is 4.95. The summed E-state index contributed by atoms with van der Waals surface area (Å²) in [7, 11) is 0. The van der Waals surface area contributed by atoms with Crippen LogP contribution in [0.2, 0.25) is 0 Å². The molecule has 3 aromatic heterocycles. The van der Waals surface area contributed by atoms with Gasteiger partial charge in [0.25, 0.3) is 17.9 Å². The summed E-state index contributed by atoms with van der Waals surface area (Å²) < 4.78 is 64.8. The molecular formula is C22H18F3N7O2. The molecule has 0 saturated heterocycles. The minimum atomic E-state index is -3.02. The molecule has 0 saturated carbocycles. The van der Waals surface area contributed by atoms with Crippen molar-refractivity contribution in [1.82, 2.24) is 35.1 Å². The third kappa shape index (κ3) is 4.42. The molecule has 9 nitrogen and oxygen atoms in total. The molecule has 0 unspecified atom stereocenters. The Morgan fingerprint density at radius 1 is 1.15 bits per heavy atom. The van der Waals surface area contributed by atoms with Gasteiger partial charge >= 0.3 is 0 Å². The van der Waals surface area contributed by atoms with Gasteiger partial charge in [-0.3, -0.25) is 14.6 Å². The van der Waals surface area contributed by atoms with Gasteiger partial charge < -0.3 is 5.32 Å². The monoisotopic (exact) mass is 472 g/mol. The molecule has 12 heteroatoms. The SMILES string of the molecule is [2H]C([2H])([2H])n1nncc1-c1cncc(-n2nc(C(=O)N[C@H](C)c3cccc(C(F)F)c3F)ccc2=O)c1. The van der Waals surface area contributed by atoms with E-state index in [1.165, 1.54) is 43.7 Å². The predicted octanol–water partition coefficient (Wildman–Crippen LogP) is 2.99. The summed E-state index contributed by atoms with van der Waals surface area (Å²) in [6.45, 7) is -1.20. The Balaban J connectivity index is 1.64. The van der Waals surface area contributed by atoms with Crippen LogP contribution in [0.15, 0.2) is 59.8 Å². The molecule has 0 aliphatic rings. The second-order valence-corrected chi connectivity index (χ2v) is 7.18. The normalized spacial score (nSPS) is 13.7. The van der Waals surface area contributed by atoms with Crippen molar-refractivity contribution in [1.29, 1.82) is 0 Å². The second kappa shape index (κ2) is 9.25. The van der Waals surface area contributed by atoms with E-state index in [1.807, 2.05) is 0 Å². The van der Waals surface area contributed by atoms with E-state index in [1.54, 1.807) is 0 Å². The Morgan fingerprint density at radius 3 is 2.71 bits per heavy atom. The fraction of sp³-hybridized carbons (Fsp3) is 0.182. The second-order valence-electron chi connectivity index (χ2n) is 7.18. The van der Waals surface area contributed by atoms with Gasteiger partial charge in [0.15, 0.2) is 0 Å². The maximum atomic E-state index is 14.5. The summed E-state index contributed by atoms with van der Waals surface area (Å²) in [4.78, 5) is 29.3. The van der Waals surface area contributed by atoms with Crippen LogP contribution in [-0.4, -0.2) is 35.7 Å². The fourth-order valence-corrected chi connectivity index (χ4v) is 3.25. The van der Waals surface area contributed by atoms with Gasteiger partial charge in [0.2, 0.25) is 0 Å². The quantitative estimate of drug-likeness (QED) is 0.462. The molecule has 1 amide bonds. The lowest BCUT2D eigenvalue weighted by Crippen LogP contribution is -2.31. The van der Waals surface area contributed by atoms with Gasteiger partial charge in [0.05, 0.1) is 35.4 Å². The van der Waals surface area contributed by atoms with Crippen LogP contribution in [0.3, 0.4) is 0 Å². The standard InChI is InChI=1S/C22H18F3N7O2/c1-12(15-4-3-5-16(20(15)23)21(24)25)28-22(34)17-6-7-19(33)32(29-17)14-8-13(9-26-10-14)18-11-27-30-31(18)2/h3-12,21H,1-2H3,(H,28,34)/t12-/m1/s1/i2D3. The number of aryl methyl sites for hydroxylation is 1. The molecule has 0 aliphatic heterocycles. The number of halogens is 3. The van der Waals surface area contributed by atoms with Crippen LogP contribution in [0.25, 0.3) is 16.9 Å². The summed E-state index contributed by atoms with van der Waals surface area (Å²) in [5, 5.41) is 13.7. The molecular weight excluding hydrogens is 451 g/mol. The zero-order valence-corrected chi connectivity index (χ0v) is 17.5. The lowest BCUT2D eigenvalue weighted by molar-refractivity contribution is 0.0932. The number of rotatable bonds is 6. The largest absolute Gasteiger partial charge is 0.344 e. The molecule has 0 radical (unpaired) electrons. The maximum Gasteiger partial charge on any atom is 0.272 e. The van der Waals surface area contributed by atoms with E-state index in [2.05, 4.69) is 25.7 Å². The number of alkyl halides is 2. The molecule has 0 bridgehead atoms. The van der Waals surface area contributed by atoms with E-state index in [9.17, 15) is 22.8 Å². The van der Waals surface area contributed by atoms with Crippen molar-refractivity contribution >= 4 is 5.91 Å². The summed E-state index contributed by atoms with van der Waals surface area (Å²) >= 11 is 0. The molecule has 4 rings (SSSR count). The summed E-state index contributed by atoms with van der Waals surface area (Å²) in [6.07, 6.45) is 0.815. The summed E-state index contributed by atoms with van der Waals surface area (Å²) in [6, 6.07) is 6.14. The lowest BCUT2D eigenvalue weighted by Gasteiger charge is -2.16. The van der Waals surface area contributed by atoms with Crippen LogP contribution >= 0.6 is 0 Å². The smallest absolute Gasteiger partial charge is 0.272 e. The third-order valence-corrected chi connectivity index (χ3v) is 4.95. The highest BCUT2D eigenvalue weighted by atomic mass is 19.3. The van der Waals surface area contributed by atoms with Gasteiger partial charge in [0.1, 0.15) is 11.5 Å². The highest BCUT2D eigenvalue weighted by molar-refractivity contribution is 5.92. The van der Waals surface area contributed by atoms with Gasteiger partial charge in [-0.15, -0.1) is 5.10 Å². The van der Waals surface area contributed by atoms with E-state index in [4.69, 9.17) is 4.11 Å². The topological polar surface area (TPSA) is 108 Å². The molecule has 1 N–H and O–H groups in total. The number of aromatic nitrogens is 6. The first-order chi connectivity index (χ1) is 17.5. The number of nitrogens with one attached hydrogen (secondary N) is 1. The molecule has 4 aromatic rings. The molecule has 174 valence electrons. The number of amides is 1.